The van der Waals surface area contributed by atoms with E-state index in [-0.39, 0.29) is 5.91 Å². The van der Waals surface area contributed by atoms with E-state index in [1.807, 2.05) is 24.8 Å². The average molecular weight is 376 g/mol. The third-order valence-electron chi connectivity index (χ3n) is 5.59. The lowest BCUT2D eigenvalue weighted by Gasteiger charge is -2.31. The average Bonchev–Trinajstić information content (AvgIpc) is 3.01. The van der Waals surface area contributed by atoms with Gasteiger partial charge in [-0.05, 0) is 65.1 Å². The first-order valence-corrected chi connectivity index (χ1v) is 10.2. The molecule has 27 heavy (non-hydrogen) atoms. The molecule has 7 nitrogen and oxygen atoms in total. The van der Waals surface area contributed by atoms with Gasteiger partial charge in [0, 0.05) is 44.0 Å². The van der Waals surface area contributed by atoms with E-state index in [9.17, 15) is 9.90 Å². The Morgan fingerprint density at radius 3 is 2.52 bits per heavy atom. The second-order valence-corrected chi connectivity index (χ2v) is 8.09. The zero-order valence-electron chi connectivity index (χ0n) is 16.7. The first-order valence-electron chi connectivity index (χ1n) is 10.2. The van der Waals surface area contributed by atoms with Crippen LogP contribution in [0, 0.1) is 13.8 Å². The highest BCUT2D eigenvalue weighted by atomic mass is 16.3. The number of carbonyl (C=O) groups is 1. The van der Waals surface area contributed by atoms with Gasteiger partial charge in [0.2, 0.25) is 11.9 Å². The van der Waals surface area contributed by atoms with Gasteiger partial charge in [-0.15, -0.1) is 0 Å². The van der Waals surface area contributed by atoms with E-state index in [1.54, 1.807) is 0 Å². The Morgan fingerprint density at radius 2 is 1.81 bits per heavy atom. The summed E-state index contributed by atoms with van der Waals surface area (Å²) in [5.41, 5.74) is 1.19. The van der Waals surface area contributed by atoms with Gasteiger partial charge >= 0.3 is 0 Å². The Kier molecular flexibility index (Phi) is 6.65. The Balaban J connectivity index is 1.44. The molecule has 1 aromatic rings. The molecule has 1 unspecified atom stereocenters. The molecule has 150 valence electrons. The number of aliphatic hydroxyl groups is 1. The third-order valence-corrected chi connectivity index (χ3v) is 5.59. The fourth-order valence-electron chi connectivity index (χ4n) is 4.19. The number of hydrogen-bond donors (Lipinski definition) is 2. The molecule has 2 aliphatic heterocycles. The van der Waals surface area contributed by atoms with Crippen molar-refractivity contribution in [2.24, 2.45) is 0 Å². The van der Waals surface area contributed by atoms with Crippen molar-refractivity contribution < 1.29 is 9.90 Å². The largest absolute Gasteiger partial charge is 0.388 e. The number of amides is 1. The fourth-order valence-corrected chi connectivity index (χ4v) is 4.19. The topological polar surface area (TPSA) is 81.6 Å². The summed E-state index contributed by atoms with van der Waals surface area (Å²) in [5, 5.41) is 14.1. The lowest BCUT2D eigenvalue weighted by molar-refractivity contribution is -0.131. The standard InChI is InChI=1S/C20H33N5O2/c1-16-14-17(2)23-19(22-16)21-9-6-18(26)25-12-5-7-20(27,8-13-25)15-24-10-3-4-11-24/h14,27H,3-13,15H2,1-2H3,(H,21,22,23). The smallest absolute Gasteiger partial charge is 0.224 e. The third kappa shape index (κ3) is 5.87. The van der Waals surface area contributed by atoms with Gasteiger partial charge in [0.05, 0.1) is 5.60 Å². The van der Waals surface area contributed by atoms with Crippen LogP contribution in [0.15, 0.2) is 6.07 Å². The van der Waals surface area contributed by atoms with E-state index < -0.39 is 5.60 Å². The molecular formula is C20H33N5O2. The van der Waals surface area contributed by atoms with Crippen molar-refractivity contribution in [1.29, 1.82) is 0 Å². The van der Waals surface area contributed by atoms with E-state index in [1.165, 1.54) is 12.8 Å². The summed E-state index contributed by atoms with van der Waals surface area (Å²) in [7, 11) is 0. The van der Waals surface area contributed by atoms with Crippen molar-refractivity contribution in [2.75, 3.05) is 44.6 Å². The van der Waals surface area contributed by atoms with Crippen molar-refractivity contribution in [1.82, 2.24) is 19.8 Å². The van der Waals surface area contributed by atoms with E-state index in [0.717, 1.165) is 50.4 Å². The minimum Gasteiger partial charge on any atom is -0.388 e. The zero-order chi connectivity index (χ0) is 19.3. The minimum absolute atomic E-state index is 0.136. The molecule has 0 saturated carbocycles. The molecule has 0 spiro atoms. The van der Waals surface area contributed by atoms with Crippen LogP contribution in [0.1, 0.15) is 49.9 Å². The zero-order valence-corrected chi connectivity index (χ0v) is 16.7. The number of hydrogen-bond acceptors (Lipinski definition) is 6. The Hall–Kier alpha value is -1.73. The van der Waals surface area contributed by atoms with Crippen LogP contribution in [0.3, 0.4) is 0 Å². The van der Waals surface area contributed by atoms with Gasteiger partial charge in [0.1, 0.15) is 0 Å². The molecule has 7 heteroatoms. The molecule has 1 aromatic heterocycles. The number of likely N-dealkylation sites (tertiary alicyclic amines) is 2. The summed E-state index contributed by atoms with van der Waals surface area (Å²) in [6.45, 7) is 8.71. The maximum absolute atomic E-state index is 12.6. The van der Waals surface area contributed by atoms with Crippen LogP contribution in [0.2, 0.25) is 0 Å². The van der Waals surface area contributed by atoms with Crippen molar-refractivity contribution in [2.45, 2.75) is 58.0 Å². The van der Waals surface area contributed by atoms with Gasteiger partial charge in [-0.3, -0.25) is 4.79 Å². The first-order chi connectivity index (χ1) is 12.9. The lowest BCUT2D eigenvalue weighted by Crippen LogP contribution is -2.43. The van der Waals surface area contributed by atoms with E-state index in [0.29, 0.717) is 31.9 Å². The number of carbonyl (C=O) groups excluding carboxylic acids is 1. The summed E-state index contributed by atoms with van der Waals surface area (Å²) in [5.74, 6) is 0.716. The molecule has 1 amide bonds. The number of nitrogens with zero attached hydrogens (tertiary/aromatic N) is 4. The predicted octanol–water partition coefficient (Wildman–Crippen LogP) is 1.73. The predicted molar refractivity (Wildman–Crippen MR) is 106 cm³/mol. The fraction of sp³-hybridized carbons (Fsp3) is 0.750. The molecule has 2 aliphatic rings. The van der Waals surface area contributed by atoms with Crippen molar-refractivity contribution >= 4 is 11.9 Å². The molecule has 2 saturated heterocycles. The molecule has 0 bridgehead atoms. The van der Waals surface area contributed by atoms with Gasteiger partial charge in [-0.25, -0.2) is 9.97 Å². The number of anilines is 1. The summed E-state index contributed by atoms with van der Waals surface area (Å²) in [6, 6.07) is 1.93. The molecular weight excluding hydrogens is 342 g/mol. The number of aromatic nitrogens is 2. The van der Waals surface area contributed by atoms with Gasteiger partial charge in [0.15, 0.2) is 0 Å². The molecule has 0 radical (unpaired) electrons. The Morgan fingerprint density at radius 1 is 1.11 bits per heavy atom. The maximum atomic E-state index is 12.6. The number of aryl methyl sites for hydroxylation is 2. The quantitative estimate of drug-likeness (QED) is 0.788. The molecule has 2 fully saturated rings. The van der Waals surface area contributed by atoms with Crippen LogP contribution >= 0.6 is 0 Å². The number of β-amino-alcohol motifs (C(OH)–C–C–N with tert-alkyl or cyclic N) is 1. The normalized spacial score (nSPS) is 24.0. The summed E-state index contributed by atoms with van der Waals surface area (Å²) in [4.78, 5) is 25.5. The second-order valence-electron chi connectivity index (χ2n) is 8.09. The molecule has 3 rings (SSSR count). The molecule has 3 heterocycles. The first kappa shape index (κ1) is 20.0. The highest BCUT2D eigenvalue weighted by Crippen LogP contribution is 2.25. The van der Waals surface area contributed by atoms with Crippen LogP contribution in [0.4, 0.5) is 5.95 Å². The summed E-state index contributed by atoms with van der Waals surface area (Å²) < 4.78 is 0. The van der Waals surface area contributed by atoms with Gasteiger partial charge in [0.25, 0.3) is 0 Å². The molecule has 1 atom stereocenters. The highest BCUT2D eigenvalue weighted by molar-refractivity contribution is 5.76. The van der Waals surface area contributed by atoms with Gasteiger partial charge in [-0.2, -0.15) is 0 Å². The van der Waals surface area contributed by atoms with Gasteiger partial charge < -0.3 is 20.2 Å². The van der Waals surface area contributed by atoms with Crippen LogP contribution in [-0.2, 0) is 4.79 Å². The maximum Gasteiger partial charge on any atom is 0.224 e. The molecule has 0 aromatic carbocycles. The van der Waals surface area contributed by atoms with Crippen molar-refractivity contribution in [3.63, 3.8) is 0 Å². The molecule has 2 N–H and O–H groups in total. The number of rotatable bonds is 6. The van der Waals surface area contributed by atoms with Gasteiger partial charge in [-0.1, -0.05) is 0 Å². The second kappa shape index (κ2) is 8.97. The summed E-state index contributed by atoms with van der Waals surface area (Å²) in [6.07, 6.45) is 5.20. The Bertz CT molecular complexity index is 627. The van der Waals surface area contributed by atoms with E-state index in [2.05, 4.69) is 20.2 Å². The van der Waals surface area contributed by atoms with Crippen molar-refractivity contribution in [3.05, 3.63) is 17.5 Å². The summed E-state index contributed by atoms with van der Waals surface area (Å²) >= 11 is 0. The van der Waals surface area contributed by atoms with Crippen LogP contribution < -0.4 is 5.32 Å². The SMILES string of the molecule is Cc1cc(C)nc(NCCC(=O)N2CCCC(O)(CN3CCCC3)CC2)n1. The lowest BCUT2D eigenvalue weighted by atomic mass is 9.94. The van der Waals surface area contributed by atoms with E-state index >= 15 is 0 Å². The van der Waals surface area contributed by atoms with Crippen LogP contribution in [-0.4, -0.2) is 75.7 Å². The van der Waals surface area contributed by atoms with E-state index in [4.69, 9.17) is 0 Å². The monoisotopic (exact) mass is 375 g/mol. The highest BCUT2D eigenvalue weighted by Gasteiger charge is 2.33. The Labute approximate surface area is 162 Å². The number of nitrogens with one attached hydrogen (secondary N) is 1. The minimum atomic E-state index is -0.648. The molecule has 0 aliphatic carbocycles. The van der Waals surface area contributed by atoms with Crippen molar-refractivity contribution in [3.8, 4) is 0 Å². The van der Waals surface area contributed by atoms with Crippen LogP contribution in [0.5, 0.6) is 0 Å². The van der Waals surface area contributed by atoms with Crippen LogP contribution in [0.25, 0.3) is 0 Å².